The third-order valence-corrected chi connectivity index (χ3v) is 4.08. The molecule has 4 rings (SSSR count). The minimum Gasteiger partial charge on any atom is -0.438 e. The SMILES string of the molecule is O=C(c1cnco1)N1CCOC[C@@H](Cc2ccc3nccn3n2)C1. The Morgan fingerprint density at radius 1 is 1.38 bits per heavy atom. The van der Waals surface area contributed by atoms with Gasteiger partial charge in [-0.1, -0.05) is 0 Å². The molecule has 3 aromatic heterocycles. The summed E-state index contributed by atoms with van der Waals surface area (Å²) in [4.78, 5) is 22.2. The van der Waals surface area contributed by atoms with Gasteiger partial charge in [-0.2, -0.15) is 5.10 Å². The fourth-order valence-electron chi connectivity index (χ4n) is 2.92. The number of aromatic nitrogens is 4. The van der Waals surface area contributed by atoms with Gasteiger partial charge in [-0.05, 0) is 18.6 Å². The first-order chi connectivity index (χ1) is 11.8. The quantitative estimate of drug-likeness (QED) is 0.715. The van der Waals surface area contributed by atoms with Crippen molar-refractivity contribution in [3.8, 4) is 0 Å². The fraction of sp³-hybridized carbons (Fsp3) is 0.375. The second kappa shape index (κ2) is 6.40. The maximum atomic E-state index is 12.5. The van der Waals surface area contributed by atoms with Crippen LogP contribution in [-0.2, 0) is 11.2 Å². The summed E-state index contributed by atoms with van der Waals surface area (Å²) < 4.78 is 12.5. The molecule has 8 heteroatoms. The lowest BCUT2D eigenvalue weighted by atomic mass is 10.0. The van der Waals surface area contributed by atoms with Gasteiger partial charge in [0.15, 0.2) is 12.0 Å². The number of carbonyl (C=O) groups is 1. The van der Waals surface area contributed by atoms with Crippen LogP contribution in [0.2, 0.25) is 0 Å². The van der Waals surface area contributed by atoms with Crippen LogP contribution in [0.4, 0.5) is 0 Å². The van der Waals surface area contributed by atoms with E-state index in [1.807, 2.05) is 18.3 Å². The third-order valence-electron chi connectivity index (χ3n) is 4.08. The van der Waals surface area contributed by atoms with Crippen molar-refractivity contribution in [3.63, 3.8) is 0 Å². The zero-order valence-electron chi connectivity index (χ0n) is 13.0. The van der Waals surface area contributed by atoms with Crippen LogP contribution in [0.5, 0.6) is 0 Å². The maximum absolute atomic E-state index is 12.5. The zero-order chi connectivity index (χ0) is 16.4. The minimum absolute atomic E-state index is 0.152. The van der Waals surface area contributed by atoms with Crippen molar-refractivity contribution < 1.29 is 13.9 Å². The predicted molar refractivity (Wildman–Crippen MR) is 83.4 cm³/mol. The lowest BCUT2D eigenvalue weighted by Crippen LogP contribution is -2.36. The average molecular weight is 327 g/mol. The van der Waals surface area contributed by atoms with E-state index < -0.39 is 0 Å². The van der Waals surface area contributed by atoms with Crippen LogP contribution in [0.3, 0.4) is 0 Å². The maximum Gasteiger partial charge on any atom is 0.291 e. The van der Waals surface area contributed by atoms with Gasteiger partial charge in [0, 0.05) is 31.4 Å². The van der Waals surface area contributed by atoms with E-state index in [0.717, 1.165) is 17.8 Å². The molecule has 0 aromatic carbocycles. The molecular weight excluding hydrogens is 310 g/mol. The van der Waals surface area contributed by atoms with E-state index >= 15 is 0 Å². The van der Waals surface area contributed by atoms with Crippen LogP contribution >= 0.6 is 0 Å². The highest BCUT2D eigenvalue weighted by Gasteiger charge is 2.25. The number of nitrogens with zero attached hydrogens (tertiary/aromatic N) is 5. The van der Waals surface area contributed by atoms with Crippen LogP contribution in [0, 0.1) is 5.92 Å². The van der Waals surface area contributed by atoms with Gasteiger partial charge in [-0.15, -0.1) is 0 Å². The van der Waals surface area contributed by atoms with E-state index in [4.69, 9.17) is 9.15 Å². The zero-order valence-corrected chi connectivity index (χ0v) is 13.0. The smallest absolute Gasteiger partial charge is 0.291 e. The largest absolute Gasteiger partial charge is 0.438 e. The van der Waals surface area contributed by atoms with Gasteiger partial charge in [0.25, 0.3) is 5.91 Å². The van der Waals surface area contributed by atoms with Gasteiger partial charge in [0.05, 0.1) is 25.1 Å². The Morgan fingerprint density at radius 2 is 2.33 bits per heavy atom. The number of rotatable bonds is 3. The molecule has 4 heterocycles. The highest BCUT2D eigenvalue weighted by Crippen LogP contribution is 2.15. The van der Waals surface area contributed by atoms with Crippen molar-refractivity contribution in [2.75, 3.05) is 26.3 Å². The van der Waals surface area contributed by atoms with Crippen LogP contribution in [0.15, 0.2) is 41.5 Å². The van der Waals surface area contributed by atoms with Crippen LogP contribution < -0.4 is 0 Å². The van der Waals surface area contributed by atoms with Gasteiger partial charge in [-0.25, -0.2) is 14.5 Å². The monoisotopic (exact) mass is 327 g/mol. The summed E-state index contributed by atoms with van der Waals surface area (Å²) in [5.41, 5.74) is 1.76. The van der Waals surface area contributed by atoms with E-state index in [2.05, 4.69) is 15.1 Å². The predicted octanol–water partition coefficient (Wildman–Crippen LogP) is 1.05. The Kier molecular flexibility index (Phi) is 3.96. The molecule has 1 saturated heterocycles. The standard InChI is InChI=1S/C16H17N5O3/c22-16(14-8-17-11-24-14)20-5-6-23-10-12(9-20)7-13-1-2-15-18-3-4-21(15)19-13/h1-4,8,11-12H,5-7,9-10H2/t12-/m0/s1. The number of ether oxygens (including phenoxy) is 1. The molecule has 124 valence electrons. The van der Waals surface area contributed by atoms with E-state index in [1.165, 1.54) is 12.6 Å². The average Bonchev–Trinajstić information content (AvgIpc) is 3.23. The molecule has 1 amide bonds. The highest BCUT2D eigenvalue weighted by atomic mass is 16.5. The van der Waals surface area contributed by atoms with Crippen molar-refractivity contribution in [3.05, 3.63) is 48.6 Å². The summed E-state index contributed by atoms with van der Waals surface area (Å²) in [6, 6.07) is 3.91. The molecule has 1 fully saturated rings. The van der Waals surface area contributed by atoms with Crippen molar-refractivity contribution in [1.29, 1.82) is 0 Å². The van der Waals surface area contributed by atoms with Gasteiger partial charge < -0.3 is 14.1 Å². The summed E-state index contributed by atoms with van der Waals surface area (Å²) >= 11 is 0. The van der Waals surface area contributed by atoms with Crippen molar-refractivity contribution in [2.45, 2.75) is 6.42 Å². The number of hydrogen-bond acceptors (Lipinski definition) is 6. The Hall–Kier alpha value is -2.74. The molecular formula is C16H17N5O3. The summed E-state index contributed by atoms with van der Waals surface area (Å²) in [5, 5.41) is 4.55. The summed E-state index contributed by atoms with van der Waals surface area (Å²) in [5.74, 6) is 0.280. The first kappa shape index (κ1) is 14.8. The topological polar surface area (TPSA) is 85.8 Å². The molecule has 3 aromatic rings. The van der Waals surface area contributed by atoms with Gasteiger partial charge in [-0.3, -0.25) is 4.79 Å². The number of imidazole rings is 1. The van der Waals surface area contributed by atoms with E-state index in [-0.39, 0.29) is 17.6 Å². The number of hydrogen-bond donors (Lipinski definition) is 0. The summed E-state index contributed by atoms with van der Waals surface area (Å²) in [6.07, 6.45) is 6.98. The van der Waals surface area contributed by atoms with Gasteiger partial charge in [0.2, 0.25) is 5.76 Å². The van der Waals surface area contributed by atoms with Crippen molar-refractivity contribution in [2.24, 2.45) is 5.92 Å². The fourth-order valence-corrected chi connectivity index (χ4v) is 2.92. The molecule has 0 radical (unpaired) electrons. The molecule has 0 bridgehead atoms. The first-order valence-electron chi connectivity index (χ1n) is 7.84. The van der Waals surface area contributed by atoms with Crippen molar-refractivity contribution >= 4 is 11.6 Å². The molecule has 8 nitrogen and oxygen atoms in total. The number of amides is 1. The Morgan fingerprint density at radius 3 is 3.21 bits per heavy atom. The lowest BCUT2D eigenvalue weighted by molar-refractivity contribution is 0.0705. The Labute approximate surface area is 138 Å². The number of carbonyl (C=O) groups excluding carboxylic acids is 1. The molecule has 1 atom stereocenters. The lowest BCUT2D eigenvalue weighted by Gasteiger charge is -2.22. The third kappa shape index (κ3) is 3.00. The number of oxazole rings is 1. The first-order valence-corrected chi connectivity index (χ1v) is 7.84. The van der Waals surface area contributed by atoms with E-state index in [9.17, 15) is 4.79 Å². The van der Waals surface area contributed by atoms with Crippen LogP contribution in [0.1, 0.15) is 16.2 Å². The van der Waals surface area contributed by atoms with Gasteiger partial charge in [0.1, 0.15) is 0 Å². The number of fused-ring (bicyclic) bond motifs is 1. The van der Waals surface area contributed by atoms with E-state index in [0.29, 0.717) is 26.3 Å². The molecule has 1 aliphatic rings. The molecule has 0 unspecified atom stereocenters. The second-order valence-corrected chi connectivity index (χ2v) is 5.82. The Balaban J connectivity index is 1.48. The molecule has 0 spiro atoms. The molecule has 24 heavy (non-hydrogen) atoms. The van der Waals surface area contributed by atoms with E-state index in [1.54, 1.807) is 15.6 Å². The molecule has 1 aliphatic heterocycles. The second-order valence-electron chi connectivity index (χ2n) is 5.82. The van der Waals surface area contributed by atoms with Crippen molar-refractivity contribution in [1.82, 2.24) is 24.5 Å². The van der Waals surface area contributed by atoms with Gasteiger partial charge >= 0.3 is 0 Å². The molecule has 0 aliphatic carbocycles. The summed E-state index contributed by atoms with van der Waals surface area (Å²) in [7, 11) is 0. The highest BCUT2D eigenvalue weighted by molar-refractivity contribution is 5.91. The molecule has 0 N–H and O–H groups in total. The summed E-state index contributed by atoms with van der Waals surface area (Å²) in [6.45, 7) is 2.27. The minimum atomic E-state index is -0.152. The van der Waals surface area contributed by atoms with Crippen LogP contribution in [-0.4, -0.2) is 56.7 Å². The Bertz CT molecular complexity index is 829. The van der Waals surface area contributed by atoms with Crippen LogP contribution in [0.25, 0.3) is 5.65 Å². The molecule has 0 saturated carbocycles. The normalized spacial score (nSPS) is 18.7.